The zero-order valence-corrected chi connectivity index (χ0v) is 11.4. The highest BCUT2D eigenvalue weighted by atomic mass is 15.2. The molecular formula is C16H24N2. The van der Waals surface area contributed by atoms with E-state index in [2.05, 4.69) is 41.4 Å². The zero-order chi connectivity index (χ0) is 12.4. The Morgan fingerprint density at radius 2 is 2.11 bits per heavy atom. The normalized spacial score (nSPS) is 27.4. The van der Waals surface area contributed by atoms with Crippen LogP contribution < -0.4 is 5.32 Å². The Morgan fingerprint density at radius 3 is 3.00 bits per heavy atom. The van der Waals surface area contributed by atoms with Gasteiger partial charge >= 0.3 is 0 Å². The molecule has 2 nitrogen and oxygen atoms in total. The topological polar surface area (TPSA) is 15.3 Å². The van der Waals surface area contributed by atoms with Gasteiger partial charge in [-0.3, -0.25) is 4.90 Å². The van der Waals surface area contributed by atoms with Crippen molar-refractivity contribution in [1.29, 1.82) is 0 Å². The van der Waals surface area contributed by atoms with Gasteiger partial charge in [-0.15, -0.1) is 0 Å². The summed E-state index contributed by atoms with van der Waals surface area (Å²) in [6.07, 6.45) is 6.49. The van der Waals surface area contributed by atoms with Crippen LogP contribution in [0.25, 0.3) is 0 Å². The minimum Gasteiger partial charge on any atom is -0.380 e. The molecule has 18 heavy (non-hydrogen) atoms. The Balaban J connectivity index is 1.72. The van der Waals surface area contributed by atoms with Crippen LogP contribution in [0.1, 0.15) is 38.2 Å². The molecule has 0 radical (unpaired) electrons. The maximum atomic E-state index is 3.82. The van der Waals surface area contributed by atoms with E-state index in [1.165, 1.54) is 56.4 Å². The lowest BCUT2D eigenvalue weighted by molar-refractivity contribution is 0.318. The van der Waals surface area contributed by atoms with Gasteiger partial charge in [0.1, 0.15) is 0 Å². The summed E-state index contributed by atoms with van der Waals surface area (Å²) in [5, 5.41) is 3.82. The van der Waals surface area contributed by atoms with E-state index in [4.69, 9.17) is 0 Å². The van der Waals surface area contributed by atoms with Gasteiger partial charge in [0.15, 0.2) is 0 Å². The highest BCUT2D eigenvalue weighted by molar-refractivity contribution is 5.52. The summed E-state index contributed by atoms with van der Waals surface area (Å²) in [6.45, 7) is 4.86. The molecule has 0 spiro atoms. The van der Waals surface area contributed by atoms with Gasteiger partial charge in [0, 0.05) is 24.3 Å². The van der Waals surface area contributed by atoms with Gasteiger partial charge in [-0.05, 0) is 43.9 Å². The van der Waals surface area contributed by atoms with Crippen LogP contribution in [0.5, 0.6) is 0 Å². The molecule has 1 N–H and O–H groups in total. The highest BCUT2D eigenvalue weighted by Gasteiger charge is 2.37. The average molecular weight is 244 g/mol. The Hall–Kier alpha value is -1.02. The Kier molecular flexibility index (Phi) is 3.55. The lowest BCUT2D eigenvalue weighted by Crippen LogP contribution is -2.34. The van der Waals surface area contributed by atoms with Crippen LogP contribution in [0.4, 0.5) is 5.69 Å². The van der Waals surface area contributed by atoms with Crippen molar-refractivity contribution >= 4 is 5.69 Å². The van der Waals surface area contributed by atoms with Gasteiger partial charge < -0.3 is 5.32 Å². The predicted molar refractivity (Wildman–Crippen MR) is 77.1 cm³/mol. The number of hydrogen-bond acceptors (Lipinski definition) is 2. The third kappa shape index (κ3) is 2.26. The number of nitrogens with one attached hydrogen (secondary N) is 1. The number of benzene rings is 1. The van der Waals surface area contributed by atoms with E-state index in [0.717, 1.165) is 6.04 Å². The molecule has 0 aromatic heterocycles. The smallest absolute Gasteiger partial charge is 0.0429 e. The summed E-state index contributed by atoms with van der Waals surface area (Å²) in [5.74, 6) is 0. The number of anilines is 1. The molecule has 2 atom stereocenters. The van der Waals surface area contributed by atoms with Crippen LogP contribution in [0.3, 0.4) is 0 Å². The van der Waals surface area contributed by atoms with E-state index in [0.29, 0.717) is 6.04 Å². The standard InChI is InChI=1S/C16H24N2/c1-2-6-13-7-3-4-8-14(13)17-15-10-12-18-11-5-9-16(15)18/h3-4,7-8,15-17H,2,5-6,9-12H2,1H3. The molecule has 0 saturated carbocycles. The molecule has 1 aromatic rings. The molecule has 2 saturated heterocycles. The van der Waals surface area contributed by atoms with Crippen LogP contribution >= 0.6 is 0 Å². The second kappa shape index (κ2) is 5.31. The van der Waals surface area contributed by atoms with E-state index in [1.54, 1.807) is 0 Å². The molecule has 2 unspecified atom stereocenters. The third-order valence-corrected chi connectivity index (χ3v) is 4.48. The molecule has 0 aliphatic carbocycles. The summed E-state index contributed by atoms with van der Waals surface area (Å²) in [4.78, 5) is 2.67. The van der Waals surface area contributed by atoms with E-state index >= 15 is 0 Å². The SMILES string of the molecule is CCCc1ccccc1NC1CCN2CCCC12. The first-order valence-corrected chi connectivity index (χ1v) is 7.47. The molecule has 1 aromatic carbocycles. The molecule has 0 bridgehead atoms. The number of nitrogens with zero attached hydrogens (tertiary/aromatic N) is 1. The molecule has 0 amide bonds. The van der Waals surface area contributed by atoms with Crippen LogP contribution in [0.2, 0.25) is 0 Å². The quantitative estimate of drug-likeness (QED) is 0.874. The monoisotopic (exact) mass is 244 g/mol. The molecule has 2 fully saturated rings. The summed E-state index contributed by atoms with van der Waals surface area (Å²) in [6, 6.07) is 10.3. The van der Waals surface area contributed by atoms with E-state index in [1.807, 2.05) is 0 Å². The van der Waals surface area contributed by atoms with E-state index in [9.17, 15) is 0 Å². The molecule has 2 aliphatic rings. The predicted octanol–water partition coefficient (Wildman–Crippen LogP) is 3.29. The third-order valence-electron chi connectivity index (χ3n) is 4.48. The van der Waals surface area contributed by atoms with Crippen molar-refractivity contribution in [1.82, 2.24) is 4.90 Å². The molecular weight excluding hydrogens is 220 g/mol. The first-order chi connectivity index (χ1) is 8.88. The average Bonchev–Trinajstić information content (AvgIpc) is 2.97. The fourth-order valence-corrected chi connectivity index (χ4v) is 3.60. The molecule has 98 valence electrons. The fraction of sp³-hybridized carbons (Fsp3) is 0.625. The summed E-state index contributed by atoms with van der Waals surface area (Å²) < 4.78 is 0. The minimum absolute atomic E-state index is 0.672. The summed E-state index contributed by atoms with van der Waals surface area (Å²) >= 11 is 0. The van der Waals surface area contributed by atoms with Gasteiger partial charge in [0.25, 0.3) is 0 Å². The largest absolute Gasteiger partial charge is 0.380 e. The molecule has 3 rings (SSSR count). The van der Waals surface area contributed by atoms with Crippen molar-refractivity contribution in [3.8, 4) is 0 Å². The first kappa shape index (κ1) is 12.0. The lowest BCUT2D eigenvalue weighted by atomic mass is 10.0. The van der Waals surface area contributed by atoms with E-state index in [-0.39, 0.29) is 0 Å². The van der Waals surface area contributed by atoms with Gasteiger partial charge in [0.05, 0.1) is 0 Å². The second-order valence-corrected chi connectivity index (χ2v) is 5.69. The molecule has 2 aliphatic heterocycles. The van der Waals surface area contributed by atoms with Crippen molar-refractivity contribution in [2.75, 3.05) is 18.4 Å². The van der Waals surface area contributed by atoms with Crippen LogP contribution in [0.15, 0.2) is 24.3 Å². The second-order valence-electron chi connectivity index (χ2n) is 5.69. The number of aryl methyl sites for hydroxylation is 1. The van der Waals surface area contributed by atoms with Gasteiger partial charge in [-0.1, -0.05) is 31.5 Å². The Labute approximate surface area is 110 Å². The van der Waals surface area contributed by atoms with Crippen molar-refractivity contribution in [3.05, 3.63) is 29.8 Å². The Morgan fingerprint density at radius 1 is 1.22 bits per heavy atom. The first-order valence-electron chi connectivity index (χ1n) is 7.47. The van der Waals surface area contributed by atoms with Gasteiger partial charge in [-0.2, -0.15) is 0 Å². The van der Waals surface area contributed by atoms with Crippen molar-refractivity contribution < 1.29 is 0 Å². The zero-order valence-electron chi connectivity index (χ0n) is 11.4. The maximum absolute atomic E-state index is 3.82. The van der Waals surface area contributed by atoms with Crippen LogP contribution in [-0.2, 0) is 6.42 Å². The number of para-hydroxylation sites is 1. The number of rotatable bonds is 4. The molecule has 2 heteroatoms. The highest BCUT2D eigenvalue weighted by Crippen LogP contribution is 2.31. The van der Waals surface area contributed by atoms with Crippen molar-refractivity contribution in [2.24, 2.45) is 0 Å². The Bertz CT molecular complexity index is 402. The number of fused-ring (bicyclic) bond motifs is 1. The summed E-state index contributed by atoms with van der Waals surface area (Å²) in [5.41, 5.74) is 2.86. The fourth-order valence-electron chi connectivity index (χ4n) is 3.60. The van der Waals surface area contributed by atoms with Crippen molar-refractivity contribution in [3.63, 3.8) is 0 Å². The van der Waals surface area contributed by atoms with Crippen LogP contribution in [-0.4, -0.2) is 30.1 Å². The van der Waals surface area contributed by atoms with Crippen molar-refractivity contribution in [2.45, 2.75) is 51.1 Å². The lowest BCUT2D eigenvalue weighted by Gasteiger charge is -2.23. The minimum atomic E-state index is 0.672. The van der Waals surface area contributed by atoms with Gasteiger partial charge in [0.2, 0.25) is 0 Å². The molecule has 2 heterocycles. The van der Waals surface area contributed by atoms with Gasteiger partial charge in [-0.25, -0.2) is 0 Å². The maximum Gasteiger partial charge on any atom is 0.0429 e. The van der Waals surface area contributed by atoms with Crippen LogP contribution in [0, 0.1) is 0 Å². The number of hydrogen-bond donors (Lipinski definition) is 1. The van der Waals surface area contributed by atoms with E-state index < -0.39 is 0 Å². The summed E-state index contributed by atoms with van der Waals surface area (Å²) in [7, 11) is 0.